The molecular weight excluding hydrogens is 314 g/mol. The van der Waals surface area contributed by atoms with E-state index in [4.69, 9.17) is 4.74 Å². The molecule has 1 aromatic carbocycles. The maximum Gasteiger partial charge on any atom is 0.254 e. The number of nitrogens with zero attached hydrogens (tertiary/aromatic N) is 3. The molecular formula is C20H25N3O2. The number of morpholine rings is 1. The van der Waals surface area contributed by atoms with Crippen LogP contribution in [0.5, 0.6) is 0 Å². The third kappa shape index (κ3) is 2.75. The molecule has 5 nitrogen and oxygen atoms in total. The zero-order valence-electron chi connectivity index (χ0n) is 14.7. The van der Waals surface area contributed by atoms with Gasteiger partial charge in [0.1, 0.15) is 0 Å². The number of rotatable bonds is 3. The van der Waals surface area contributed by atoms with Gasteiger partial charge >= 0.3 is 0 Å². The van der Waals surface area contributed by atoms with Crippen LogP contribution in [-0.4, -0.2) is 65.2 Å². The molecule has 1 saturated carbocycles. The van der Waals surface area contributed by atoms with Crippen LogP contribution >= 0.6 is 0 Å². The minimum absolute atomic E-state index is 0.134. The second-order valence-corrected chi connectivity index (χ2v) is 7.83. The molecule has 0 N–H and O–H groups in total. The Morgan fingerprint density at radius 3 is 2.96 bits per heavy atom. The van der Waals surface area contributed by atoms with Crippen molar-refractivity contribution in [3.05, 3.63) is 36.0 Å². The van der Waals surface area contributed by atoms with Crippen LogP contribution in [0.2, 0.25) is 0 Å². The topological polar surface area (TPSA) is 37.7 Å². The van der Waals surface area contributed by atoms with Crippen molar-refractivity contribution in [1.82, 2.24) is 14.4 Å². The molecule has 2 aromatic rings. The van der Waals surface area contributed by atoms with Gasteiger partial charge in [-0.05, 0) is 43.0 Å². The summed E-state index contributed by atoms with van der Waals surface area (Å²) in [6.45, 7) is 4.50. The smallest absolute Gasteiger partial charge is 0.254 e. The zero-order chi connectivity index (χ0) is 17.0. The Bertz CT molecular complexity index is 810. The molecule has 3 fully saturated rings. The van der Waals surface area contributed by atoms with Gasteiger partial charge in [-0.25, -0.2) is 0 Å². The predicted octanol–water partition coefficient (Wildman–Crippen LogP) is 2.11. The van der Waals surface area contributed by atoms with E-state index >= 15 is 0 Å². The van der Waals surface area contributed by atoms with E-state index in [0.717, 1.165) is 48.6 Å². The van der Waals surface area contributed by atoms with Gasteiger partial charge in [0.05, 0.1) is 18.8 Å². The third-order valence-corrected chi connectivity index (χ3v) is 6.03. The molecule has 2 aliphatic heterocycles. The van der Waals surface area contributed by atoms with Gasteiger partial charge < -0.3 is 14.2 Å². The molecule has 3 heterocycles. The van der Waals surface area contributed by atoms with Crippen molar-refractivity contribution in [2.45, 2.75) is 25.0 Å². The first-order valence-electron chi connectivity index (χ1n) is 9.39. The number of amides is 1. The summed E-state index contributed by atoms with van der Waals surface area (Å²) in [4.78, 5) is 17.6. The highest BCUT2D eigenvalue weighted by atomic mass is 16.5. The average Bonchev–Trinajstić information content (AvgIpc) is 3.20. The highest BCUT2D eigenvalue weighted by Gasteiger charge is 2.43. The van der Waals surface area contributed by atoms with Crippen molar-refractivity contribution in [3.8, 4) is 0 Å². The van der Waals surface area contributed by atoms with Gasteiger partial charge in [-0.2, -0.15) is 0 Å². The predicted molar refractivity (Wildman–Crippen MR) is 96.6 cm³/mol. The zero-order valence-corrected chi connectivity index (χ0v) is 14.7. The minimum atomic E-state index is 0.134. The molecule has 3 aliphatic rings. The van der Waals surface area contributed by atoms with E-state index in [0.29, 0.717) is 6.04 Å². The summed E-state index contributed by atoms with van der Waals surface area (Å²) in [5.41, 5.74) is 1.94. The van der Waals surface area contributed by atoms with Crippen LogP contribution < -0.4 is 0 Å². The lowest BCUT2D eigenvalue weighted by atomic mass is 10.1. The summed E-state index contributed by atoms with van der Waals surface area (Å²) in [6.07, 6.45) is 4.95. The molecule has 1 aliphatic carbocycles. The molecule has 0 unspecified atom stereocenters. The van der Waals surface area contributed by atoms with Gasteiger partial charge in [0, 0.05) is 55.9 Å². The summed E-state index contributed by atoms with van der Waals surface area (Å²) in [5.74, 6) is 1.01. The number of aryl methyl sites for hydroxylation is 1. The van der Waals surface area contributed by atoms with Crippen molar-refractivity contribution >= 4 is 16.8 Å². The molecule has 25 heavy (non-hydrogen) atoms. The average molecular weight is 339 g/mol. The van der Waals surface area contributed by atoms with Crippen LogP contribution in [0.4, 0.5) is 0 Å². The number of fused-ring (bicyclic) bond motifs is 2. The summed E-state index contributed by atoms with van der Waals surface area (Å²) >= 11 is 0. The molecule has 0 bridgehead atoms. The Balaban J connectivity index is 1.34. The lowest BCUT2D eigenvalue weighted by Gasteiger charge is -2.36. The summed E-state index contributed by atoms with van der Waals surface area (Å²) in [6, 6.07) is 8.45. The lowest BCUT2D eigenvalue weighted by molar-refractivity contribution is -0.0484. The van der Waals surface area contributed by atoms with Crippen LogP contribution in [0.15, 0.2) is 30.5 Å². The maximum absolute atomic E-state index is 13.0. The van der Waals surface area contributed by atoms with Crippen molar-refractivity contribution in [2.75, 3.05) is 32.8 Å². The maximum atomic E-state index is 13.0. The van der Waals surface area contributed by atoms with E-state index in [1.807, 2.05) is 36.3 Å². The van der Waals surface area contributed by atoms with Gasteiger partial charge in [-0.3, -0.25) is 9.69 Å². The SMILES string of the molecule is Cn1ccc2cc(C(=O)N3C[C@@H]4OCCN(CC5CC5)[C@@H]4C3)ccc21. The van der Waals surface area contributed by atoms with Gasteiger partial charge in [-0.15, -0.1) is 0 Å². The Morgan fingerprint density at radius 2 is 2.12 bits per heavy atom. The van der Waals surface area contributed by atoms with Crippen LogP contribution in [0.25, 0.3) is 10.9 Å². The van der Waals surface area contributed by atoms with Gasteiger partial charge in [0.25, 0.3) is 5.91 Å². The number of aromatic nitrogens is 1. The molecule has 1 aromatic heterocycles. The molecule has 0 radical (unpaired) electrons. The van der Waals surface area contributed by atoms with E-state index in [-0.39, 0.29) is 12.0 Å². The van der Waals surface area contributed by atoms with Crippen molar-refractivity contribution in [2.24, 2.45) is 13.0 Å². The first-order valence-corrected chi connectivity index (χ1v) is 9.39. The number of carbonyl (C=O) groups is 1. The summed E-state index contributed by atoms with van der Waals surface area (Å²) in [7, 11) is 2.03. The summed E-state index contributed by atoms with van der Waals surface area (Å²) in [5, 5.41) is 1.12. The molecule has 0 spiro atoms. The van der Waals surface area contributed by atoms with Crippen LogP contribution in [-0.2, 0) is 11.8 Å². The van der Waals surface area contributed by atoms with Crippen molar-refractivity contribution in [1.29, 1.82) is 0 Å². The van der Waals surface area contributed by atoms with Crippen LogP contribution in [0.3, 0.4) is 0 Å². The van der Waals surface area contributed by atoms with E-state index in [1.54, 1.807) is 0 Å². The monoisotopic (exact) mass is 339 g/mol. The normalized spacial score (nSPS) is 27.0. The molecule has 5 rings (SSSR count). The fourth-order valence-electron chi connectivity index (χ4n) is 4.38. The van der Waals surface area contributed by atoms with Crippen molar-refractivity contribution < 1.29 is 9.53 Å². The number of likely N-dealkylation sites (tertiary alicyclic amines) is 1. The van der Waals surface area contributed by atoms with Gasteiger partial charge in [0.2, 0.25) is 0 Å². The van der Waals surface area contributed by atoms with Gasteiger partial charge in [0.15, 0.2) is 0 Å². The standard InChI is InChI=1S/C20H25N3O2/c1-21-7-6-15-10-16(4-5-17(15)21)20(24)23-12-18-19(13-23)25-9-8-22(18)11-14-2-3-14/h4-7,10,14,18-19H,2-3,8-9,11-13H2,1H3/t18-,19+/m1/s1. The third-order valence-electron chi connectivity index (χ3n) is 6.03. The molecule has 2 saturated heterocycles. The van der Waals surface area contributed by atoms with E-state index in [2.05, 4.69) is 15.5 Å². The van der Waals surface area contributed by atoms with Gasteiger partial charge in [-0.1, -0.05) is 0 Å². The first kappa shape index (κ1) is 15.4. The summed E-state index contributed by atoms with van der Waals surface area (Å²) < 4.78 is 8.07. The number of hydrogen-bond donors (Lipinski definition) is 0. The Kier molecular flexibility index (Phi) is 3.61. The molecule has 1 amide bonds. The highest BCUT2D eigenvalue weighted by molar-refractivity contribution is 5.98. The second-order valence-electron chi connectivity index (χ2n) is 7.83. The first-order chi connectivity index (χ1) is 12.2. The number of ether oxygens (including phenoxy) is 1. The quantitative estimate of drug-likeness (QED) is 0.860. The van der Waals surface area contributed by atoms with E-state index in [1.165, 1.54) is 19.4 Å². The van der Waals surface area contributed by atoms with Crippen LogP contribution in [0.1, 0.15) is 23.2 Å². The Labute approximate surface area is 148 Å². The number of carbonyl (C=O) groups excluding carboxylic acids is 1. The van der Waals surface area contributed by atoms with Crippen molar-refractivity contribution in [3.63, 3.8) is 0 Å². The fraction of sp³-hybridized carbons (Fsp3) is 0.550. The lowest BCUT2D eigenvalue weighted by Crippen LogP contribution is -2.51. The second kappa shape index (κ2) is 5.85. The molecule has 132 valence electrons. The molecule has 2 atom stereocenters. The number of benzene rings is 1. The number of hydrogen-bond acceptors (Lipinski definition) is 3. The minimum Gasteiger partial charge on any atom is -0.373 e. The highest BCUT2D eigenvalue weighted by Crippen LogP contribution is 2.33. The fourth-order valence-corrected chi connectivity index (χ4v) is 4.38. The Morgan fingerprint density at radius 1 is 1.24 bits per heavy atom. The largest absolute Gasteiger partial charge is 0.373 e. The van der Waals surface area contributed by atoms with E-state index < -0.39 is 0 Å². The van der Waals surface area contributed by atoms with Crippen LogP contribution in [0, 0.1) is 5.92 Å². The van der Waals surface area contributed by atoms with E-state index in [9.17, 15) is 4.79 Å². The Hall–Kier alpha value is -1.85. The molecule has 5 heteroatoms.